The molecule has 1 fully saturated rings. The minimum atomic E-state index is -1.19. The smallest absolute Gasteiger partial charge is 0.331 e. The Morgan fingerprint density at radius 1 is 1.05 bits per heavy atom. The molecule has 0 radical (unpaired) electrons. The predicted octanol–water partition coefficient (Wildman–Crippen LogP) is 4.15. The molecule has 0 bridgehead atoms. The van der Waals surface area contributed by atoms with Crippen molar-refractivity contribution in [2.24, 2.45) is 22.2 Å². The number of carbonyl (C=O) groups excluding carboxylic acids is 4. The number of methoxy groups -OCH3 is 1. The van der Waals surface area contributed by atoms with E-state index in [9.17, 15) is 19.2 Å². The predicted molar refractivity (Wildman–Crippen MR) is 132 cm³/mol. The summed E-state index contributed by atoms with van der Waals surface area (Å²) in [5.41, 5.74) is -2.26. The van der Waals surface area contributed by atoms with Crippen molar-refractivity contribution < 1.29 is 42.5 Å². The van der Waals surface area contributed by atoms with Crippen LogP contribution in [0.15, 0.2) is 58.1 Å². The van der Waals surface area contributed by atoms with Crippen LogP contribution < -0.4 is 0 Å². The number of rotatable bonds is 4. The molecule has 1 saturated heterocycles. The van der Waals surface area contributed by atoms with E-state index in [1.807, 2.05) is 26.8 Å². The highest BCUT2D eigenvalue weighted by molar-refractivity contribution is 5.97. The van der Waals surface area contributed by atoms with E-state index in [2.05, 4.69) is 0 Å². The molecule has 0 N–H and O–H groups in total. The SMILES string of the molecule is COC(=O)C[C@H]1C(C)(C)C(=O)C=C2O[C@@]3(C)C(=C[C@H](OC(C)=O)[C@]4(C)C3=CC(=O)O[C@H]4c3ccoc3)[C@]21C. The molecule has 0 aromatic carbocycles. The van der Waals surface area contributed by atoms with Crippen LogP contribution in [0.3, 0.4) is 0 Å². The minimum Gasteiger partial charge on any atom is -0.482 e. The molecule has 9 heteroatoms. The summed E-state index contributed by atoms with van der Waals surface area (Å²) in [4.78, 5) is 51.2. The molecule has 38 heavy (non-hydrogen) atoms. The monoisotopic (exact) mass is 524 g/mol. The number of ketones is 1. The first-order valence-electron chi connectivity index (χ1n) is 12.6. The van der Waals surface area contributed by atoms with E-state index in [4.69, 9.17) is 23.4 Å². The molecule has 0 saturated carbocycles. The van der Waals surface area contributed by atoms with Gasteiger partial charge in [0.15, 0.2) is 11.4 Å². The Bertz CT molecular complexity index is 1330. The number of cyclic esters (lactones) is 1. The van der Waals surface area contributed by atoms with Gasteiger partial charge in [-0.2, -0.15) is 0 Å². The van der Waals surface area contributed by atoms with Crippen LogP contribution in [0.25, 0.3) is 0 Å². The molecule has 0 spiro atoms. The lowest BCUT2D eigenvalue weighted by Crippen LogP contribution is -2.56. The maximum atomic E-state index is 13.3. The van der Waals surface area contributed by atoms with E-state index in [1.54, 1.807) is 19.9 Å². The second-order valence-electron chi connectivity index (χ2n) is 11.6. The Balaban J connectivity index is 1.78. The highest BCUT2D eigenvalue weighted by Crippen LogP contribution is 2.69. The minimum absolute atomic E-state index is 0.0336. The maximum absolute atomic E-state index is 13.3. The Kier molecular flexibility index (Phi) is 5.60. The third kappa shape index (κ3) is 3.29. The van der Waals surface area contributed by atoms with Gasteiger partial charge in [0.2, 0.25) is 0 Å². The quantitative estimate of drug-likeness (QED) is 0.325. The molecule has 5 rings (SSSR count). The molecule has 1 aromatic rings. The van der Waals surface area contributed by atoms with Gasteiger partial charge in [-0.05, 0) is 50.0 Å². The third-order valence-corrected chi connectivity index (χ3v) is 9.15. The van der Waals surface area contributed by atoms with Crippen LogP contribution in [-0.4, -0.2) is 42.5 Å². The number of ether oxygens (including phenoxy) is 4. The van der Waals surface area contributed by atoms with Gasteiger partial charge >= 0.3 is 17.9 Å². The van der Waals surface area contributed by atoms with Gasteiger partial charge in [0.1, 0.15) is 18.0 Å². The number of hydrogen-bond acceptors (Lipinski definition) is 9. The summed E-state index contributed by atoms with van der Waals surface area (Å²) in [6, 6.07) is 1.70. The van der Waals surface area contributed by atoms with Crippen LogP contribution in [0.2, 0.25) is 0 Å². The van der Waals surface area contributed by atoms with Crippen molar-refractivity contribution in [3.8, 4) is 0 Å². The number of hydrogen-bond donors (Lipinski definition) is 0. The number of carbonyl (C=O) groups is 4. The average molecular weight is 525 g/mol. The summed E-state index contributed by atoms with van der Waals surface area (Å²) in [6.45, 7) is 10.6. The summed E-state index contributed by atoms with van der Waals surface area (Å²) in [7, 11) is 1.31. The molecule has 0 amide bonds. The fourth-order valence-electron chi connectivity index (χ4n) is 7.13. The van der Waals surface area contributed by atoms with E-state index in [0.29, 0.717) is 22.5 Å². The third-order valence-electron chi connectivity index (χ3n) is 9.15. The normalized spacial score (nSPS) is 36.8. The van der Waals surface area contributed by atoms with E-state index >= 15 is 0 Å². The van der Waals surface area contributed by atoms with Crippen LogP contribution in [-0.2, 0) is 38.1 Å². The number of furan rings is 1. The largest absolute Gasteiger partial charge is 0.482 e. The fourth-order valence-corrected chi connectivity index (χ4v) is 7.13. The Labute approximate surface area is 220 Å². The summed E-state index contributed by atoms with van der Waals surface area (Å²) in [5.74, 6) is -1.85. The zero-order chi connectivity index (χ0) is 27.8. The Morgan fingerprint density at radius 3 is 2.37 bits per heavy atom. The highest BCUT2D eigenvalue weighted by atomic mass is 16.6. The molecule has 9 nitrogen and oxygen atoms in total. The second kappa shape index (κ2) is 8.19. The van der Waals surface area contributed by atoms with Gasteiger partial charge in [0.05, 0.1) is 36.9 Å². The van der Waals surface area contributed by atoms with Crippen LogP contribution in [0.1, 0.15) is 59.6 Å². The standard InChI is InChI=1S/C29H32O9/c1-15(30)36-21-10-18-27(4)17(11-23(32)34-7)26(2,3)20(31)13-22(27)38-29(18,6)19-12-24(33)37-25(28(19,21)5)16-8-9-35-14-16/h8-10,12-14,17,21,25H,11H2,1-7H3/t17-,21-,25-,27+,28-,29-/m0/s1. The maximum Gasteiger partial charge on any atom is 0.331 e. The zero-order valence-corrected chi connectivity index (χ0v) is 22.6. The van der Waals surface area contributed by atoms with Gasteiger partial charge in [0.25, 0.3) is 0 Å². The Morgan fingerprint density at radius 2 is 1.76 bits per heavy atom. The van der Waals surface area contributed by atoms with Gasteiger partial charge in [-0.15, -0.1) is 0 Å². The highest BCUT2D eigenvalue weighted by Gasteiger charge is 2.70. The lowest BCUT2D eigenvalue weighted by atomic mass is 9.50. The van der Waals surface area contributed by atoms with Crippen LogP contribution >= 0.6 is 0 Å². The molecule has 6 atom stereocenters. The van der Waals surface area contributed by atoms with Crippen molar-refractivity contribution in [1.29, 1.82) is 0 Å². The van der Waals surface area contributed by atoms with E-state index in [1.165, 1.54) is 38.7 Å². The average Bonchev–Trinajstić information content (AvgIpc) is 3.44. The summed E-state index contributed by atoms with van der Waals surface area (Å²) in [6.07, 6.45) is 5.97. The first kappa shape index (κ1) is 26.0. The van der Waals surface area contributed by atoms with E-state index < -0.39 is 57.9 Å². The number of esters is 3. The molecule has 0 unspecified atom stereocenters. The van der Waals surface area contributed by atoms with Crippen molar-refractivity contribution in [3.05, 3.63) is 59.3 Å². The van der Waals surface area contributed by atoms with Crippen LogP contribution in [0.5, 0.6) is 0 Å². The summed E-state index contributed by atoms with van der Waals surface area (Å²) in [5, 5.41) is 0. The molecular formula is C29H32O9. The number of allylic oxidation sites excluding steroid dienone is 2. The van der Waals surface area contributed by atoms with Crippen LogP contribution in [0.4, 0.5) is 0 Å². The van der Waals surface area contributed by atoms with E-state index in [-0.39, 0.29) is 12.2 Å². The molecule has 2 aliphatic carbocycles. The summed E-state index contributed by atoms with van der Waals surface area (Å²) >= 11 is 0. The topological polar surface area (TPSA) is 118 Å². The van der Waals surface area contributed by atoms with Gasteiger partial charge in [-0.25, -0.2) is 4.79 Å². The number of fused-ring (bicyclic) bond motifs is 5. The first-order chi connectivity index (χ1) is 17.7. The summed E-state index contributed by atoms with van der Waals surface area (Å²) < 4.78 is 28.7. The fraction of sp³-hybridized carbons (Fsp3) is 0.517. The zero-order valence-electron chi connectivity index (χ0n) is 22.6. The van der Waals surface area contributed by atoms with Gasteiger partial charge < -0.3 is 23.4 Å². The van der Waals surface area contributed by atoms with Crippen molar-refractivity contribution in [3.63, 3.8) is 0 Å². The Hall–Kier alpha value is -3.62. The van der Waals surface area contributed by atoms with Gasteiger partial charge in [0, 0.05) is 30.1 Å². The lowest BCUT2D eigenvalue weighted by Gasteiger charge is -2.53. The van der Waals surface area contributed by atoms with E-state index in [0.717, 1.165) is 0 Å². The lowest BCUT2D eigenvalue weighted by molar-refractivity contribution is -0.168. The first-order valence-corrected chi connectivity index (χ1v) is 12.6. The van der Waals surface area contributed by atoms with Crippen molar-refractivity contribution in [1.82, 2.24) is 0 Å². The van der Waals surface area contributed by atoms with Gasteiger partial charge in [-0.3, -0.25) is 14.4 Å². The second-order valence-corrected chi connectivity index (χ2v) is 11.6. The molecule has 2 aliphatic heterocycles. The molecule has 202 valence electrons. The molecular weight excluding hydrogens is 492 g/mol. The molecule has 4 aliphatic rings. The van der Waals surface area contributed by atoms with Crippen molar-refractivity contribution in [2.45, 2.75) is 65.8 Å². The van der Waals surface area contributed by atoms with Crippen LogP contribution in [0, 0.1) is 22.2 Å². The molecule has 1 aromatic heterocycles. The molecule has 3 heterocycles. The van der Waals surface area contributed by atoms with Gasteiger partial charge in [-0.1, -0.05) is 13.8 Å². The van der Waals surface area contributed by atoms with Crippen molar-refractivity contribution >= 4 is 23.7 Å². The van der Waals surface area contributed by atoms with Crippen molar-refractivity contribution in [2.75, 3.05) is 7.11 Å².